The molecule has 1 atom stereocenters. The lowest BCUT2D eigenvalue weighted by Gasteiger charge is -2.11. The monoisotopic (exact) mass is 207 g/mol. The number of carbonyl (C=O) groups excluding carboxylic acids is 1. The van der Waals surface area contributed by atoms with E-state index in [0.717, 1.165) is 6.42 Å². The van der Waals surface area contributed by atoms with Crippen LogP contribution < -0.4 is 5.32 Å². The molecular formula is C13H21NO. The van der Waals surface area contributed by atoms with Crippen LogP contribution in [0.5, 0.6) is 0 Å². The summed E-state index contributed by atoms with van der Waals surface area (Å²) < 4.78 is 0. The Labute approximate surface area is 92.8 Å². The Morgan fingerprint density at radius 3 is 2.13 bits per heavy atom. The third kappa shape index (κ3) is 1.76. The van der Waals surface area contributed by atoms with E-state index in [2.05, 4.69) is 38.9 Å². The van der Waals surface area contributed by atoms with Crippen molar-refractivity contribution in [2.24, 2.45) is 16.7 Å². The van der Waals surface area contributed by atoms with Gasteiger partial charge >= 0.3 is 0 Å². The van der Waals surface area contributed by atoms with Gasteiger partial charge in [0, 0.05) is 5.92 Å². The second-order valence-corrected chi connectivity index (χ2v) is 5.51. The van der Waals surface area contributed by atoms with Crippen molar-refractivity contribution in [3.63, 3.8) is 0 Å². The van der Waals surface area contributed by atoms with Crippen LogP contribution in [-0.2, 0) is 4.79 Å². The first-order valence-corrected chi connectivity index (χ1v) is 5.55. The van der Waals surface area contributed by atoms with E-state index in [1.165, 1.54) is 0 Å². The van der Waals surface area contributed by atoms with E-state index >= 15 is 0 Å². The molecule has 1 N–H and O–H groups in total. The van der Waals surface area contributed by atoms with Gasteiger partial charge in [-0.25, -0.2) is 0 Å². The van der Waals surface area contributed by atoms with Crippen LogP contribution in [0.4, 0.5) is 0 Å². The minimum atomic E-state index is -0.121. The molecule has 1 rings (SSSR count). The maximum atomic E-state index is 12.0. The van der Waals surface area contributed by atoms with Gasteiger partial charge < -0.3 is 5.32 Å². The lowest BCUT2D eigenvalue weighted by atomic mass is 10.0. The fraction of sp³-hybridized carbons (Fsp3) is 0.769. The average molecular weight is 207 g/mol. The molecule has 1 amide bonds. The first kappa shape index (κ1) is 12.1. The number of terminal acetylenes is 1. The van der Waals surface area contributed by atoms with Gasteiger partial charge in [0.2, 0.25) is 5.91 Å². The van der Waals surface area contributed by atoms with E-state index in [1.54, 1.807) is 0 Å². The molecule has 0 radical (unpaired) electrons. The van der Waals surface area contributed by atoms with Crippen molar-refractivity contribution in [2.45, 2.75) is 47.1 Å². The molecule has 1 saturated carbocycles. The zero-order chi connectivity index (χ0) is 11.9. The van der Waals surface area contributed by atoms with Gasteiger partial charge in [-0.2, -0.15) is 0 Å². The summed E-state index contributed by atoms with van der Waals surface area (Å²) in [6.07, 6.45) is 6.11. The van der Waals surface area contributed by atoms with E-state index in [9.17, 15) is 4.79 Å². The average Bonchev–Trinajstić information content (AvgIpc) is 2.53. The number of hydrogen-bond donors (Lipinski definition) is 1. The highest BCUT2D eigenvalue weighted by Crippen LogP contribution is 2.68. The highest BCUT2D eigenvalue weighted by molar-refractivity contribution is 5.84. The largest absolute Gasteiger partial charge is 0.342 e. The highest BCUT2D eigenvalue weighted by atomic mass is 16.2. The molecule has 1 aliphatic rings. The molecule has 1 fully saturated rings. The number of rotatable bonds is 3. The Bertz CT molecular complexity index is 295. The molecule has 0 aromatic carbocycles. The molecule has 84 valence electrons. The summed E-state index contributed by atoms with van der Waals surface area (Å²) in [6, 6.07) is -0.121. The Balaban J connectivity index is 2.63. The van der Waals surface area contributed by atoms with Crippen LogP contribution in [-0.4, -0.2) is 11.9 Å². The molecule has 0 bridgehead atoms. The molecule has 0 heterocycles. The summed E-state index contributed by atoms with van der Waals surface area (Å²) in [5.74, 6) is 2.78. The van der Waals surface area contributed by atoms with Crippen molar-refractivity contribution < 1.29 is 4.79 Å². The number of amides is 1. The van der Waals surface area contributed by atoms with Gasteiger partial charge in [0.1, 0.15) is 0 Å². The van der Waals surface area contributed by atoms with Crippen molar-refractivity contribution in [2.75, 3.05) is 0 Å². The predicted octanol–water partition coefficient (Wildman–Crippen LogP) is 2.20. The van der Waals surface area contributed by atoms with Crippen molar-refractivity contribution >= 4 is 5.91 Å². The molecule has 0 aromatic rings. The number of carbonyl (C=O) groups is 1. The van der Waals surface area contributed by atoms with Gasteiger partial charge in [-0.15, -0.1) is 6.42 Å². The number of hydrogen-bond acceptors (Lipinski definition) is 1. The van der Waals surface area contributed by atoms with Gasteiger partial charge in [0.15, 0.2) is 0 Å². The fourth-order valence-electron chi connectivity index (χ4n) is 2.37. The molecule has 0 aliphatic heterocycles. The van der Waals surface area contributed by atoms with Gasteiger partial charge in [-0.3, -0.25) is 4.79 Å². The first-order chi connectivity index (χ1) is 6.79. The Morgan fingerprint density at radius 1 is 1.40 bits per heavy atom. The Morgan fingerprint density at radius 2 is 1.87 bits per heavy atom. The van der Waals surface area contributed by atoms with Crippen LogP contribution >= 0.6 is 0 Å². The third-order valence-electron chi connectivity index (χ3n) is 4.21. The van der Waals surface area contributed by atoms with Crippen molar-refractivity contribution in [3.05, 3.63) is 0 Å². The van der Waals surface area contributed by atoms with Crippen LogP contribution in [0.1, 0.15) is 41.0 Å². The van der Waals surface area contributed by atoms with Crippen LogP contribution in [0.15, 0.2) is 0 Å². The summed E-state index contributed by atoms with van der Waals surface area (Å²) in [5.41, 5.74) is 0.175. The van der Waals surface area contributed by atoms with E-state index in [0.29, 0.717) is 0 Å². The van der Waals surface area contributed by atoms with Crippen molar-refractivity contribution in [3.8, 4) is 12.3 Å². The molecule has 2 nitrogen and oxygen atoms in total. The van der Waals surface area contributed by atoms with Gasteiger partial charge in [-0.05, 0) is 17.3 Å². The predicted molar refractivity (Wildman–Crippen MR) is 62.1 cm³/mol. The van der Waals surface area contributed by atoms with E-state index in [4.69, 9.17) is 6.42 Å². The van der Waals surface area contributed by atoms with Gasteiger partial charge in [0.05, 0.1) is 6.04 Å². The van der Waals surface area contributed by atoms with E-state index < -0.39 is 0 Å². The van der Waals surface area contributed by atoms with Crippen LogP contribution in [0, 0.1) is 29.1 Å². The van der Waals surface area contributed by atoms with Gasteiger partial charge in [-0.1, -0.05) is 40.5 Å². The van der Waals surface area contributed by atoms with E-state index in [-0.39, 0.29) is 28.7 Å². The Hall–Kier alpha value is -0.970. The highest BCUT2D eigenvalue weighted by Gasteiger charge is 2.68. The maximum absolute atomic E-state index is 12.0. The smallest absolute Gasteiger partial charge is 0.225 e. The second kappa shape index (κ2) is 3.56. The first-order valence-electron chi connectivity index (χ1n) is 5.55. The van der Waals surface area contributed by atoms with Crippen LogP contribution in [0.2, 0.25) is 0 Å². The SMILES string of the molecule is C#CC(CC)NC(=O)C1C(C)(C)C1(C)C. The Kier molecular flexibility index (Phi) is 2.87. The molecule has 0 saturated heterocycles. The third-order valence-corrected chi connectivity index (χ3v) is 4.21. The van der Waals surface area contributed by atoms with E-state index in [1.807, 2.05) is 6.92 Å². The zero-order valence-corrected chi connectivity index (χ0v) is 10.3. The minimum absolute atomic E-state index is 0.0873. The summed E-state index contributed by atoms with van der Waals surface area (Å²) in [7, 11) is 0. The summed E-state index contributed by atoms with van der Waals surface area (Å²) in [4.78, 5) is 12.0. The molecule has 2 heteroatoms. The lowest BCUT2D eigenvalue weighted by Crippen LogP contribution is -2.35. The topological polar surface area (TPSA) is 29.1 Å². The van der Waals surface area contributed by atoms with Crippen molar-refractivity contribution in [1.82, 2.24) is 5.32 Å². The zero-order valence-electron chi connectivity index (χ0n) is 10.3. The van der Waals surface area contributed by atoms with Crippen LogP contribution in [0.3, 0.4) is 0 Å². The summed E-state index contributed by atoms with van der Waals surface area (Å²) in [5, 5.41) is 2.91. The molecule has 1 unspecified atom stereocenters. The van der Waals surface area contributed by atoms with Crippen molar-refractivity contribution in [1.29, 1.82) is 0 Å². The molecular weight excluding hydrogens is 186 g/mol. The lowest BCUT2D eigenvalue weighted by molar-refractivity contribution is -0.123. The fourth-order valence-corrected chi connectivity index (χ4v) is 2.37. The molecule has 0 spiro atoms. The number of nitrogens with one attached hydrogen (secondary N) is 1. The molecule has 0 aromatic heterocycles. The molecule has 1 aliphatic carbocycles. The molecule has 15 heavy (non-hydrogen) atoms. The standard InChI is InChI=1S/C13H21NO/c1-7-9(8-2)14-11(15)10-12(3,4)13(10,5)6/h1,9-10H,8H2,2-6H3,(H,14,15). The van der Waals surface area contributed by atoms with Crippen LogP contribution in [0.25, 0.3) is 0 Å². The normalized spacial score (nSPS) is 24.0. The van der Waals surface area contributed by atoms with Gasteiger partial charge in [0.25, 0.3) is 0 Å². The summed E-state index contributed by atoms with van der Waals surface area (Å²) >= 11 is 0. The maximum Gasteiger partial charge on any atom is 0.225 e. The minimum Gasteiger partial charge on any atom is -0.342 e. The second-order valence-electron chi connectivity index (χ2n) is 5.51. The summed E-state index contributed by atoms with van der Waals surface area (Å²) in [6.45, 7) is 10.5. The quantitative estimate of drug-likeness (QED) is 0.706.